The molecule has 0 aliphatic heterocycles. The first-order chi connectivity index (χ1) is 12.4. The van der Waals surface area contributed by atoms with Gasteiger partial charge in [-0.3, -0.25) is 4.79 Å². The number of amides is 1. The van der Waals surface area contributed by atoms with E-state index >= 15 is 0 Å². The Hall–Kier alpha value is -2.69. The Morgan fingerprint density at radius 2 is 1.65 bits per heavy atom. The van der Waals surface area contributed by atoms with E-state index in [-0.39, 0.29) is 12.5 Å². The van der Waals surface area contributed by atoms with Crippen molar-refractivity contribution in [1.29, 1.82) is 0 Å². The average molecular weight is 356 g/mol. The lowest BCUT2D eigenvalue weighted by atomic mass is 10.1. The van der Waals surface area contributed by atoms with E-state index in [0.29, 0.717) is 30.4 Å². The van der Waals surface area contributed by atoms with Gasteiger partial charge < -0.3 is 19.7 Å². The molecule has 0 unspecified atom stereocenters. The fourth-order valence-corrected chi connectivity index (χ4v) is 2.81. The lowest BCUT2D eigenvalue weighted by molar-refractivity contribution is -0.114. The van der Waals surface area contributed by atoms with Crippen LogP contribution in [-0.4, -0.2) is 32.7 Å². The molecule has 0 atom stereocenters. The molecule has 0 heterocycles. The first kappa shape index (κ1) is 19.6. The third-order valence-corrected chi connectivity index (χ3v) is 3.86. The summed E-state index contributed by atoms with van der Waals surface area (Å²) in [5.74, 6) is 1.23. The van der Waals surface area contributed by atoms with Crippen molar-refractivity contribution >= 4 is 17.3 Å². The Morgan fingerprint density at radius 3 is 2.27 bits per heavy atom. The van der Waals surface area contributed by atoms with Crippen LogP contribution in [0.15, 0.2) is 36.4 Å². The molecule has 5 heteroatoms. The summed E-state index contributed by atoms with van der Waals surface area (Å²) >= 11 is 0. The number of aryl methyl sites for hydroxylation is 2. The van der Waals surface area contributed by atoms with Gasteiger partial charge in [0.05, 0.1) is 25.4 Å². The quantitative estimate of drug-likeness (QED) is 0.771. The van der Waals surface area contributed by atoms with Gasteiger partial charge in [0.25, 0.3) is 0 Å². The van der Waals surface area contributed by atoms with Crippen LogP contribution in [0.2, 0.25) is 0 Å². The summed E-state index contributed by atoms with van der Waals surface area (Å²) < 4.78 is 11.1. The Balaban J connectivity index is 2.11. The van der Waals surface area contributed by atoms with Crippen LogP contribution < -0.4 is 19.7 Å². The number of hydrogen-bond acceptors (Lipinski definition) is 4. The largest absolute Gasteiger partial charge is 0.494 e. The van der Waals surface area contributed by atoms with Crippen molar-refractivity contribution in [3.8, 4) is 11.5 Å². The van der Waals surface area contributed by atoms with E-state index in [1.54, 1.807) is 6.07 Å². The van der Waals surface area contributed by atoms with Gasteiger partial charge in [-0.15, -0.1) is 0 Å². The van der Waals surface area contributed by atoms with Crippen molar-refractivity contribution in [1.82, 2.24) is 0 Å². The predicted molar refractivity (Wildman–Crippen MR) is 107 cm³/mol. The maximum absolute atomic E-state index is 12.5. The van der Waals surface area contributed by atoms with Crippen LogP contribution in [0.4, 0.5) is 11.4 Å². The van der Waals surface area contributed by atoms with E-state index in [1.165, 1.54) is 11.1 Å². The molecule has 2 rings (SSSR count). The second-order valence-corrected chi connectivity index (χ2v) is 6.27. The molecule has 140 valence electrons. The van der Waals surface area contributed by atoms with E-state index < -0.39 is 0 Å². The van der Waals surface area contributed by atoms with Crippen molar-refractivity contribution in [2.75, 3.05) is 37.0 Å². The third-order valence-electron chi connectivity index (χ3n) is 3.86. The van der Waals surface area contributed by atoms with Gasteiger partial charge in [0.15, 0.2) is 0 Å². The van der Waals surface area contributed by atoms with Gasteiger partial charge in [-0.25, -0.2) is 0 Å². The Kier molecular flexibility index (Phi) is 6.89. The van der Waals surface area contributed by atoms with Crippen LogP contribution >= 0.6 is 0 Å². The Morgan fingerprint density at radius 1 is 1.00 bits per heavy atom. The number of likely N-dealkylation sites (N-methyl/N-ethyl adjacent to an activating group) is 1. The second-order valence-electron chi connectivity index (χ2n) is 6.27. The molecule has 0 spiro atoms. The molecule has 0 saturated heterocycles. The molecular weight excluding hydrogens is 328 g/mol. The van der Waals surface area contributed by atoms with Crippen LogP contribution in [0.25, 0.3) is 0 Å². The number of carbonyl (C=O) groups is 1. The standard InChI is InChI=1S/C21H28N2O3/c1-6-25-18-8-9-20(26-7-2)19(13-18)22-21(24)14-23(5)17-11-15(3)10-16(4)12-17/h8-13H,6-7,14H2,1-5H3,(H,22,24). The summed E-state index contributed by atoms with van der Waals surface area (Å²) in [7, 11) is 1.91. The molecule has 2 aromatic rings. The summed E-state index contributed by atoms with van der Waals surface area (Å²) in [6, 6.07) is 11.7. The lowest BCUT2D eigenvalue weighted by Crippen LogP contribution is -2.30. The van der Waals surface area contributed by atoms with Gasteiger partial charge in [-0.2, -0.15) is 0 Å². The number of nitrogens with one attached hydrogen (secondary N) is 1. The molecule has 0 aromatic heterocycles. The Bertz CT molecular complexity index is 739. The van der Waals surface area contributed by atoms with Crippen LogP contribution in [-0.2, 0) is 4.79 Å². The number of rotatable bonds is 8. The van der Waals surface area contributed by atoms with Gasteiger partial charge in [-0.05, 0) is 63.1 Å². The lowest BCUT2D eigenvalue weighted by Gasteiger charge is -2.20. The first-order valence-corrected chi connectivity index (χ1v) is 8.91. The van der Waals surface area contributed by atoms with Gasteiger partial charge in [0, 0.05) is 18.8 Å². The van der Waals surface area contributed by atoms with E-state index in [4.69, 9.17) is 9.47 Å². The van der Waals surface area contributed by atoms with Gasteiger partial charge in [-0.1, -0.05) is 6.07 Å². The summed E-state index contributed by atoms with van der Waals surface area (Å²) in [6.07, 6.45) is 0. The number of benzene rings is 2. The highest BCUT2D eigenvalue weighted by Crippen LogP contribution is 2.29. The molecule has 0 aliphatic rings. The van der Waals surface area contributed by atoms with E-state index in [2.05, 4.69) is 37.4 Å². The van der Waals surface area contributed by atoms with E-state index in [0.717, 1.165) is 5.69 Å². The summed E-state index contributed by atoms with van der Waals surface area (Å²) in [4.78, 5) is 14.5. The minimum Gasteiger partial charge on any atom is -0.494 e. The number of hydrogen-bond donors (Lipinski definition) is 1. The fourth-order valence-electron chi connectivity index (χ4n) is 2.81. The monoisotopic (exact) mass is 356 g/mol. The molecule has 0 fully saturated rings. The highest BCUT2D eigenvalue weighted by Gasteiger charge is 2.12. The summed E-state index contributed by atoms with van der Waals surface area (Å²) in [6.45, 7) is 9.28. The van der Waals surface area contributed by atoms with Gasteiger partial charge in [0.2, 0.25) is 5.91 Å². The van der Waals surface area contributed by atoms with Crippen molar-refractivity contribution < 1.29 is 14.3 Å². The highest BCUT2D eigenvalue weighted by molar-refractivity contribution is 5.95. The third kappa shape index (κ3) is 5.41. The number of carbonyl (C=O) groups excluding carboxylic acids is 1. The highest BCUT2D eigenvalue weighted by atomic mass is 16.5. The Labute approximate surface area is 155 Å². The molecular formula is C21H28N2O3. The normalized spacial score (nSPS) is 10.3. The maximum atomic E-state index is 12.5. The molecule has 0 aliphatic carbocycles. The number of anilines is 2. The molecule has 0 radical (unpaired) electrons. The fraction of sp³-hybridized carbons (Fsp3) is 0.381. The zero-order valence-corrected chi connectivity index (χ0v) is 16.3. The topological polar surface area (TPSA) is 50.8 Å². The van der Waals surface area contributed by atoms with Crippen molar-refractivity contribution in [2.45, 2.75) is 27.7 Å². The number of nitrogens with zero attached hydrogens (tertiary/aromatic N) is 1. The average Bonchev–Trinajstić information content (AvgIpc) is 2.56. The van der Waals surface area contributed by atoms with Crippen LogP contribution in [0.5, 0.6) is 11.5 Å². The molecule has 26 heavy (non-hydrogen) atoms. The van der Waals surface area contributed by atoms with Gasteiger partial charge in [0.1, 0.15) is 11.5 Å². The van der Waals surface area contributed by atoms with Crippen LogP contribution in [0.3, 0.4) is 0 Å². The molecule has 2 aromatic carbocycles. The molecule has 0 bridgehead atoms. The summed E-state index contributed by atoms with van der Waals surface area (Å²) in [5.41, 5.74) is 3.99. The maximum Gasteiger partial charge on any atom is 0.243 e. The smallest absolute Gasteiger partial charge is 0.243 e. The predicted octanol–water partition coefficient (Wildman–Crippen LogP) is 4.18. The number of ether oxygens (including phenoxy) is 2. The zero-order chi connectivity index (χ0) is 19.1. The zero-order valence-electron chi connectivity index (χ0n) is 16.3. The minimum absolute atomic E-state index is 0.110. The summed E-state index contributed by atoms with van der Waals surface area (Å²) in [5, 5.41) is 2.94. The van der Waals surface area contributed by atoms with Crippen molar-refractivity contribution in [3.05, 3.63) is 47.5 Å². The van der Waals surface area contributed by atoms with E-state index in [9.17, 15) is 4.79 Å². The van der Waals surface area contributed by atoms with E-state index in [1.807, 2.05) is 37.9 Å². The molecule has 1 N–H and O–H groups in total. The molecule has 1 amide bonds. The van der Waals surface area contributed by atoms with Gasteiger partial charge >= 0.3 is 0 Å². The first-order valence-electron chi connectivity index (χ1n) is 8.91. The van der Waals surface area contributed by atoms with Crippen LogP contribution in [0, 0.1) is 13.8 Å². The second kappa shape index (κ2) is 9.13. The molecule has 0 saturated carbocycles. The van der Waals surface area contributed by atoms with Crippen LogP contribution in [0.1, 0.15) is 25.0 Å². The van der Waals surface area contributed by atoms with Crippen molar-refractivity contribution in [2.24, 2.45) is 0 Å². The van der Waals surface area contributed by atoms with Crippen molar-refractivity contribution in [3.63, 3.8) is 0 Å². The molecule has 5 nitrogen and oxygen atoms in total. The SMILES string of the molecule is CCOc1ccc(OCC)c(NC(=O)CN(C)c2cc(C)cc(C)c2)c1. The minimum atomic E-state index is -0.110.